The highest BCUT2D eigenvalue weighted by Crippen LogP contribution is 2.15. The number of nitrogens with one attached hydrogen (secondary N) is 2. The normalized spacial score (nSPS) is 10.3. The molecule has 2 amide bonds. The Morgan fingerprint density at radius 3 is 2.38 bits per heavy atom. The van der Waals surface area contributed by atoms with Gasteiger partial charge in [0.15, 0.2) is 0 Å². The Labute approximate surface area is 168 Å². The summed E-state index contributed by atoms with van der Waals surface area (Å²) in [6, 6.07) is 19.8. The van der Waals surface area contributed by atoms with E-state index in [2.05, 4.69) is 10.6 Å². The molecule has 0 aliphatic rings. The van der Waals surface area contributed by atoms with Gasteiger partial charge in [0.25, 0.3) is 11.8 Å². The third-order valence-corrected chi connectivity index (χ3v) is 4.34. The molecule has 0 heterocycles. The second-order valence-corrected chi connectivity index (χ2v) is 6.37. The summed E-state index contributed by atoms with van der Waals surface area (Å²) in [5, 5.41) is 5.35. The molecule has 3 rings (SSSR count). The van der Waals surface area contributed by atoms with E-state index in [1.807, 2.05) is 24.3 Å². The topological polar surface area (TPSA) is 67.4 Å². The molecule has 2 N–H and O–H groups in total. The standard InChI is InChI=1S/C23H21FN2O3/c1-29-19-9-4-6-16(14-19)12-13-25-22(27)17-7-5-8-18(15-17)23(28)26-21-11-3-2-10-20(21)24/h2-11,14-15H,12-13H2,1H3,(H,25,27)(H,26,28). The monoisotopic (exact) mass is 392 g/mol. The van der Waals surface area contributed by atoms with Crippen LogP contribution in [0.15, 0.2) is 72.8 Å². The van der Waals surface area contributed by atoms with Crippen molar-refractivity contribution in [3.63, 3.8) is 0 Å². The van der Waals surface area contributed by atoms with Crippen LogP contribution in [0.1, 0.15) is 26.3 Å². The number of carbonyl (C=O) groups excluding carboxylic acids is 2. The van der Waals surface area contributed by atoms with Crippen molar-refractivity contribution in [1.82, 2.24) is 5.32 Å². The molecule has 6 heteroatoms. The van der Waals surface area contributed by atoms with Crippen LogP contribution in [0.3, 0.4) is 0 Å². The first kappa shape index (κ1) is 20.1. The van der Waals surface area contributed by atoms with Gasteiger partial charge in [-0.2, -0.15) is 0 Å². The minimum atomic E-state index is -0.521. The molecule has 0 atom stereocenters. The summed E-state index contributed by atoms with van der Waals surface area (Å²) in [7, 11) is 1.61. The summed E-state index contributed by atoms with van der Waals surface area (Å²) in [5.74, 6) is -0.524. The fourth-order valence-electron chi connectivity index (χ4n) is 2.81. The summed E-state index contributed by atoms with van der Waals surface area (Å²) in [6.45, 7) is 0.442. The predicted octanol–water partition coefficient (Wildman–Crippen LogP) is 4.06. The molecular weight excluding hydrogens is 371 g/mol. The first-order valence-corrected chi connectivity index (χ1v) is 9.14. The number of benzene rings is 3. The highest BCUT2D eigenvalue weighted by molar-refractivity contribution is 6.06. The van der Waals surface area contributed by atoms with Crippen molar-refractivity contribution in [2.24, 2.45) is 0 Å². The number of para-hydroxylation sites is 1. The lowest BCUT2D eigenvalue weighted by Crippen LogP contribution is -2.26. The molecule has 0 fully saturated rings. The number of hydrogen-bond donors (Lipinski definition) is 2. The van der Waals surface area contributed by atoms with Gasteiger partial charge in [-0.1, -0.05) is 30.3 Å². The Balaban J connectivity index is 1.60. The maximum atomic E-state index is 13.7. The van der Waals surface area contributed by atoms with Gasteiger partial charge in [-0.15, -0.1) is 0 Å². The molecule has 0 saturated carbocycles. The van der Waals surface area contributed by atoms with Crippen molar-refractivity contribution >= 4 is 17.5 Å². The van der Waals surface area contributed by atoms with E-state index in [9.17, 15) is 14.0 Å². The summed E-state index contributed by atoms with van der Waals surface area (Å²) >= 11 is 0. The van der Waals surface area contributed by atoms with Crippen LogP contribution in [0.25, 0.3) is 0 Å². The summed E-state index contributed by atoms with van der Waals surface area (Å²) in [5.41, 5.74) is 1.76. The molecule has 29 heavy (non-hydrogen) atoms. The van der Waals surface area contributed by atoms with Crippen LogP contribution in [0.5, 0.6) is 5.75 Å². The maximum absolute atomic E-state index is 13.7. The number of methoxy groups -OCH3 is 1. The molecular formula is C23H21FN2O3. The quantitative estimate of drug-likeness (QED) is 0.637. The summed E-state index contributed by atoms with van der Waals surface area (Å²) in [6.07, 6.45) is 0.649. The van der Waals surface area contributed by atoms with Gasteiger partial charge in [0.2, 0.25) is 0 Å². The Kier molecular flexibility index (Phi) is 6.58. The highest BCUT2D eigenvalue weighted by Gasteiger charge is 2.12. The number of anilines is 1. The van der Waals surface area contributed by atoms with Gasteiger partial charge < -0.3 is 15.4 Å². The summed E-state index contributed by atoms with van der Waals surface area (Å²) in [4.78, 5) is 24.8. The van der Waals surface area contributed by atoms with Gasteiger partial charge in [0.1, 0.15) is 11.6 Å². The molecule has 5 nitrogen and oxygen atoms in total. The van der Waals surface area contributed by atoms with Gasteiger partial charge in [-0.05, 0) is 54.4 Å². The van der Waals surface area contributed by atoms with Crippen LogP contribution in [0.2, 0.25) is 0 Å². The van der Waals surface area contributed by atoms with Crippen molar-refractivity contribution in [3.8, 4) is 5.75 Å². The molecule has 0 aliphatic heterocycles. The third-order valence-electron chi connectivity index (χ3n) is 4.34. The molecule has 0 spiro atoms. The van der Waals surface area contributed by atoms with Crippen LogP contribution in [0.4, 0.5) is 10.1 Å². The largest absolute Gasteiger partial charge is 0.497 e. The van der Waals surface area contributed by atoms with E-state index < -0.39 is 11.7 Å². The van der Waals surface area contributed by atoms with Crippen LogP contribution >= 0.6 is 0 Å². The van der Waals surface area contributed by atoms with Crippen molar-refractivity contribution in [3.05, 3.63) is 95.3 Å². The summed E-state index contributed by atoms with van der Waals surface area (Å²) < 4.78 is 18.9. The molecule has 148 valence electrons. The lowest BCUT2D eigenvalue weighted by atomic mass is 10.1. The van der Waals surface area contributed by atoms with E-state index in [0.29, 0.717) is 18.5 Å². The molecule has 0 bridgehead atoms. The lowest BCUT2D eigenvalue weighted by Gasteiger charge is -2.09. The fourth-order valence-corrected chi connectivity index (χ4v) is 2.81. The molecule has 3 aromatic rings. The lowest BCUT2D eigenvalue weighted by molar-refractivity contribution is 0.0954. The second-order valence-electron chi connectivity index (χ2n) is 6.37. The zero-order chi connectivity index (χ0) is 20.6. The van der Waals surface area contributed by atoms with Crippen LogP contribution < -0.4 is 15.4 Å². The highest BCUT2D eigenvalue weighted by atomic mass is 19.1. The number of halogens is 1. The van der Waals surface area contributed by atoms with Crippen molar-refractivity contribution in [2.75, 3.05) is 19.0 Å². The Morgan fingerprint density at radius 2 is 1.62 bits per heavy atom. The van der Waals surface area contributed by atoms with Crippen LogP contribution in [0, 0.1) is 5.82 Å². The van der Waals surface area contributed by atoms with Gasteiger partial charge in [-0.3, -0.25) is 9.59 Å². The van der Waals surface area contributed by atoms with Gasteiger partial charge in [-0.25, -0.2) is 4.39 Å². The van der Waals surface area contributed by atoms with Crippen LogP contribution in [-0.4, -0.2) is 25.5 Å². The number of ether oxygens (including phenoxy) is 1. The van der Waals surface area contributed by atoms with Gasteiger partial charge >= 0.3 is 0 Å². The molecule has 0 aliphatic carbocycles. The third kappa shape index (κ3) is 5.42. The Hall–Kier alpha value is -3.67. The van der Waals surface area contributed by atoms with Crippen molar-refractivity contribution in [2.45, 2.75) is 6.42 Å². The Morgan fingerprint density at radius 1 is 0.897 bits per heavy atom. The zero-order valence-electron chi connectivity index (χ0n) is 15.9. The SMILES string of the molecule is COc1cccc(CCNC(=O)c2cccc(C(=O)Nc3ccccc3F)c2)c1. The van der Waals surface area contributed by atoms with Gasteiger partial charge in [0, 0.05) is 17.7 Å². The van der Waals surface area contributed by atoms with Crippen molar-refractivity contribution in [1.29, 1.82) is 0 Å². The van der Waals surface area contributed by atoms with E-state index in [1.54, 1.807) is 37.4 Å². The van der Waals surface area contributed by atoms with E-state index in [-0.39, 0.29) is 17.2 Å². The number of carbonyl (C=O) groups is 2. The average Bonchev–Trinajstić information content (AvgIpc) is 2.75. The number of hydrogen-bond acceptors (Lipinski definition) is 3. The smallest absolute Gasteiger partial charge is 0.255 e. The second kappa shape index (κ2) is 9.50. The van der Waals surface area contributed by atoms with Crippen molar-refractivity contribution < 1.29 is 18.7 Å². The minimum Gasteiger partial charge on any atom is -0.497 e. The maximum Gasteiger partial charge on any atom is 0.255 e. The average molecular weight is 392 g/mol. The molecule has 0 saturated heterocycles. The van der Waals surface area contributed by atoms with E-state index in [4.69, 9.17) is 4.74 Å². The number of amides is 2. The molecule has 3 aromatic carbocycles. The predicted molar refractivity (Wildman–Crippen MR) is 110 cm³/mol. The number of rotatable bonds is 7. The first-order valence-electron chi connectivity index (χ1n) is 9.14. The molecule has 0 radical (unpaired) electrons. The Bertz CT molecular complexity index is 1020. The molecule has 0 unspecified atom stereocenters. The first-order chi connectivity index (χ1) is 14.1. The molecule has 0 aromatic heterocycles. The van der Waals surface area contributed by atoms with E-state index in [1.165, 1.54) is 18.2 Å². The fraction of sp³-hybridized carbons (Fsp3) is 0.130. The zero-order valence-corrected chi connectivity index (χ0v) is 15.9. The van der Waals surface area contributed by atoms with E-state index in [0.717, 1.165) is 11.3 Å². The van der Waals surface area contributed by atoms with Crippen LogP contribution in [-0.2, 0) is 6.42 Å². The van der Waals surface area contributed by atoms with Gasteiger partial charge in [0.05, 0.1) is 12.8 Å². The minimum absolute atomic E-state index is 0.0886. The van der Waals surface area contributed by atoms with E-state index >= 15 is 0 Å².